The zero-order valence-electron chi connectivity index (χ0n) is 12.4. The van der Waals surface area contributed by atoms with Gasteiger partial charge in [0, 0.05) is 28.7 Å². The molecule has 0 fully saturated rings. The van der Waals surface area contributed by atoms with Crippen LogP contribution in [0.2, 0.25) is 0 Å². The van der Waals surface area contributed by atoms with Gasteiger partial charge in [-0.3, -0.25) is 9.00 Å². The molecule has 122 valence electrons. The van der Waals surface area contributed by atoms with Gasteiger partial charge in [0.1, 0.15) is 0 Å². The van der Waals surface area contributed by atoms with Gasteiger partial charge in [0.15, 0.2) is 0 Å². The zero-order valence-corrected chi connectivity index (χ0v) is 13.2. The molecule has 3 rings (SSSR count). The van der Waals surface area contributed by atoms with E-state index in [0.717, 1.165) is 5.01 Å². The van der Waals surface area contributed by atoms with Crippen molar-refractivity contribution in [2.75, 3.05) is 5.01 Å². The van der Waals surface area contributed by atoms with Crippen molar-refractivity contribution in [1.29, 1.82) is 0 Å². The normalized spacial score (nSPS) is 16.6. The topological polar surface area (TPSA) is 118 Å². The standard InChI is InChI=1S/C15H12N4O4S/c1-9(10-5-3-7-16-10)13-14-11(17-8-20)4-2-6-12(14)19(15(13)21)18-24(22)23/h2-7,16,18H,1H3,(H,22,23)/p-1. The molecule has 24 heavy (non-hydrogen) atoms. The molecule has 1 atom stereocenters. The number of hydrogen-bond donors (Lipinski definition) is 2. The summed E-state index contributed by atoms with van der Waals surface area (Å²) in [6.45, 7) is 1.72. The van der Waals surface area contributed by atoms with E-state index in [0.29, 0.717) is 22.5 Å². The van der Waals surface area contributed by atoms with Gasteiger partial charge in [-0.2, -0.15) is 9.82 Å². The summed E-state index contributed by atoms with van der Waals surface area (Å²) >= 11 is -2.69. The van der Waals surface area contributed by atoms with E-state index in [1.54, 1.807) is 43.5 Å². The van der Waals surface area contributed by atoms with Gasteiger partial charge in [-0.15, -0.1) is 0 Å². The molecule has 2 aromatic rings. The molecule has 9 heteroatoms. The summed E-state index contributed by atoms with van der Waals surface area (Å²) in [4.78, 5) is 32.1. The number of benzene rings is 1. The number of hydrazine groups is 1. The molecular weight excluding hydrogens is 332 g/mol. The number of carbonyl (C=O) groups is 1. The minimum atomic E-state index is -2.69. The SMILES string of the molecule is CC(=C1C(=O)N(NS(=O)[O-])c2cccc(N=C=O)c21)c1ccc[nH]1. The Morgan fingerprint density at radius 3 is 2.79 bits per heavy atom. The number of H-pyrrole nitrogens is 1. The quantitative estimate of drug-likeness (QED) is 0.379. The third-order valence-corrected chi connectivity index (χ3v) is 3.97. The van der Waals surface area contributed by atoms with E-state index < -0.39 is 17.2 Å². The average Bonchev–Trinajstić information content (AvgIpc) is 3.16. The highest BCUT2D eigenvalue weighted by molar-refractivity contribution is 7.77. The second-order valence-electron chi connectivity index (χ2n) is 4.92. The highest BCUT2D eigenvalue weighted by Crippen LogP contribution is 2.44. The zero-order chi connectivity index (χ0) is 17.3. The lowest BCUT2D eigenvalue weighted by Gasteiger charge is -2.19. The van der Waals surface area contributed by atoms with Crippen molar-refractivity contribution in [3.8, 4) is 0 Å². The number of aliphatic imine (C=N–C) groups is 1. The van der Waals surface area contributed by atoms with E-state index >= 15 is 0 Å². The van der Waals surface area contributed by atoms with Crippen LogP contribution in [0.5, 0.6) is 0 Å². The first kappa shape index (κ1) is 16.0. The molecule has 1 unspecified atom stereocenters. The third kappa shape index (κ3) is 2.61. The molecule has 1 aliphatic rings. The summed E-state index contributed by atoms with van der Waals surface area (Å²) < 4.78 is 22.0. The summed E-state index contributed by atoms with van der Waals surface area (Å²) in [6.07, 6.45) is 3.16. The predicted octanol–water partition coefficient (Wildman–Crippen LogP) is 1.56. The smallest absolute Gasteiger partial charge is 0.274 e. The summed E-state index contributed by atoms with van der Waals surface area (Å²) in [5.41, 5.74) is 2.44. The fourth-order valence-electron chi connectivity index (χ4n) is 2.65. The number of rotatable bonds is 4. The molecule has 0 radical (unpaired) electrons. The predicted molar refractivity (Wildman–Crippen MR) is 87.0 cm³/mol. The van der Waals surface area contributed by atoms with Crippen LogP contribution in [0.25, 0.3) is 11.1 Å². The molecule has 0 saturated carbocycles. The first-order chi connectivity index (χ1) is 11.5. The molecule has 1 aromatic heterocycles. The Bertz CT molecular complexity index is 914. The Balaban J connectivity index is 2.30. The van der Waals surface area contributed by atoms with Gasteiger partial charge >= 0.3 is 0 Å². The summed E-state index contributed by atoms with van der Waals surface area (Å²) in [5.74, 6) is -0.560. The Hall–Kier alpha value is -2.84. The third-order valence-electron chi connectivity index (χ3n) is 3.64. The van der Waals surface area contributed by atoms with Gasteiger partial charge in [0.05, 0.1) is 16.9 Å². The number of carbonyl (C=O) groups excluding carboxylic acids is 2. The number of anilines is 1. The number of fused-ring (bicyclic) bond motifs is 1. The van der Waals surface area contributed by atoms with Crippen molar-refractivity contribution in [1.82, 2.24) is 9.82 Å². The second kappa shape index (κ2) is 6.34. The van der Waals surface area contributed by atoms with Crippen LogP contribution in [-0.2, 0) is 20.9 Å². The molecule has 0 saturated heterocycles. The molecule has 0 spiro atoms. The molecule has 2 N–H and O–H groups in total. The maximum Gasteiger partial charge on any atom is 0.274 e. The number of hydrogen-bond acceptors (Lipinski definition) is 5. The van der Waals surface area contributed by atoms with Crippen LogP contribution >= 0.6 is 0 Å². The van der Waals surface area contributed by atoms with Crippen molar-refractivity contribution < 1.29 is 18.4 Å². The van der Waals surface area contributed by atoms with Crippen molar-refractivity contribution >= 4 is 45.8 Å². The number of aromatic nitrogens is 1. The van der Waals surface area contributed by atoms with E-state index in [1.807, 2.05) is 0 Å². The lowest BCUT2D eigenvalue weighted by atomic mass is 9.98. The number of aromatic amines is 1. The Morgan fingerprint density at radius 1 is 1.38 bits per heavy atom. The Labute approximate surface area is 139 Å². The first-order valence-corrected chi connectivity index (χ1v) is 7.88. The highest BCUT2D eigenvalue weighted by Gasteiger charge is 2.36. The maximum atomic E-state index is 12.8. The number of allylic oxidation sites excluding steroid dienone is 1. The molecule has 8 nitrogen and oxygen atoms in total. The van der Waals surface area contributed by atoms with Gasteiger partial charge in [0.2, 0.25) is 6.08 Å². The number of nitrogens with one attached hydrogen (secondary N) is 2. The fourth-order valence-corrected chi connectivity index (χ4v) is 2.98. The summed E-state index contributed by atoms with van der Waals surface area (Å²) in [7, 11) is 0. The van der Waals surface area contributed by atoms with Crippen LogP contribution in [0.1, 0.15) is 18.2 Å². The van der Waals surface area contributed by atoms with Crippen LogP contribution in [0.3, 0.4) is 0 Å². The molecule has 0 aliphatic carbocycles. The van der Waals surface area contributed by atoms with Crippen molar-refractivity contribution in [3.63, 3.8) is 0 Å². The molecule has 2 heterocycles. The van der Waals surface area contributed by atoms with Crippen molar-refractivity contribution in [3.05, 3.63) is 47.8 Å². The molecule has 0 bridgehead atoms. The number of isocyanates is 1. The lowest BCUT2D eigenvalue weighted by molar-refractivity contribution is -0.113. The number of amides is 1. The summed E-state index contributed by atoms with van der Waals surface area (Å²) in [6, 6.07) is 8.24. The van der Waals surface area contributed by atoms with Crippen LogP contribution in [-0.4, -0.2) is 25.7 Å². The molecular formula is C15H11N4O4S-. The fraction of sp³-hybridized carbons (Fsp3) is 0.0667. The Kier molecular flexibility index (Phi) is 4.24. The maximum absolute atomic E-state index is 12.8. The van der Waals surface area contributed by atoms with Gasteiger partial charge < -0.3 is 9.54 Å². The van der Waals surface area contributed by atoms with Crippen LogP contribution < -0.4 is 9.84 Å². The van der Waals surface area contributed by atoms with Crippen LogP contribution in [0, 0.1) is 0 Å². The summed E-state index contributed by atoms with van der Waals surface area (Å²) in [5, 5.41) is 0.907. The van der Waals surface area contributed by atoms with E-state index in [2.05, 4.69) is 14.8 Å². The van der Waals surface area contributed by atoms with Crippen molar-refractivity contribution in [2.45, 2.75) is 6.92 Å². The largest absolute Gasteiger partial charge is 0.759 e. The van der Waals surface area contributed by atoms with Crippen LogP contribution in [0.4, 0.5) is 11.4 Å². The lowest BCUT2D eigenvalue weighted by Crippen LogP contribution is -2.41. The van der Waals surface area contributed by atoms with E-state index in [9.17, 15) is 18.4 Å². The van der Waals surface area contributed by atoms with Gasteiger partial charge in [-0.25, -0.2) is 9.80 Å². The minimum Gasteiger partial charge on any atom is -0.759 e. The second-order valence-corrected chi connectivity index (χ2v) is 5.58. The van der Waals surface area contributed by atoms with Crippen LogP contribution in [0.15, 0.2) is 41.5 Å². The molecule has 1 amide bonds. The first-order valence-electron chi connectivity index (χ1n) is 6.80. The van der Waals surface area contributed by atoms with E-state index in [1.165, 1.54) is 6.08 Å². The highest BCUT2D eigenvalue weighted by atomic mass is 32.2. The molecule has 1 aromatic carbocycles. The van der Waals surface area contributed by atoms with Gasteiger partial charge in [-0.05, 0) is 36.8 Å². The van der Waals surface area contributed by atoms with Gasteiger partial charge in [-0.1, -0.05) is 6.07 Å². The van der Waals surface area contributed by atoms with Crippen molar-refractivity contribution in [2.24, 2.45) is 4.99 Å². The van der Waals surface area contributed by atoms with Gasteiger partial charge in [0.25, 0.3) is 5.91 Å². The number of nitrogens with zero attached hydrogens (tertiary/aromatic N) is 2. The van der Waals surface area contributed by atoms with E-state index in [-0.39, 0.29) is 11.3 Å². The Morgan fingerprint density at radius 2 is 2.17 bits per heavy atom. The van der Waals surface area contributed by atoms with E-state index in [4.69, 9.17) is 0 Å². The average molecular weight is 343 g/mol. The minimum absolute atomic E-state index is 0.234. The monoisotopic (exact) mass is 343 g/mol. The molecule has 1 aliphatic heterocycles.